The van der Waals surface area contributed by atoms with Crippen molar-refractivity contribution in [3.63, 3.8) is 0 Å². The van der Waals surface area contributed by atoms with Crippen LogP contribution in [0.15, 0.2) is 24.3 Å². The van der Waals surface area contributed by atoms with Crippen LogP contribution in [0.5, 0.6) is 0 Å². The molecule has 0 nitrogen and oxygen atoms in total. The van der Waals surface area contributed by atoms with Crippen LogP contribution in [0.25, 0.3) is 0 Å². The van der Waals surface area contributed by atoms with E-state index in [0.717, 1.165) is 6.07 Å². The largest absolute Gasteiger partial charge is 0.416 e. The number of benzene rings is 1. The predicted octanol–water partition coefficient (Wildman–Crippen LogP) is 4.86. The van der Waals surface area contributed by atoms with Gasteiger partial charge in [0.05, 0.1) is 5.56 Å². The minimum absolute atomic E-state index is 0.134. The maximum absolute atomic E-state index is 12.8. The summed E-state index contributed by atoms with van der Waals surface area (Å²) in [4.78, 5) is 0. The molecule has 1 aromatic carbocycles. The van der Waals surface area contributed by atoms with Crippen LogP contribution in [-0.4, -0.2) is 0 Å². The fourth-order valence-electron chi connectivity index (χ4n) is 1.60. The Bertz CT molecular complexity index is 358. The zero-order chi connectivity index (χ0) is 12.6. The Morgan fingerprint density at radius 1 is 1.00 bits per heavy atom. The van der Waals surface area contributed by atoms with Crippen LogP contribution < -0.4 is 0 Å². The molecule has 1 atom stereocenters. The van der Waals surface area contributed by atoms with Gasteiger partial charge in [-0.25, -0.2) is 0 Å². The summed E-state index contributed by atoms with van der Waals surface area (Å²) in [5.74, 6) is -0.134. The van der Waals surface area contributed by atoms with Crippen LogP contribution >= 0.6 is 0 Å². The minimum Gasteiger partial charge on any atom is -0.166 e. The highest BCUT2D eigenvalue weighted by Crippen LogP contribution is 2.41. The number of hydrogen-bond donors (Lipinski definition) is 0. The van der Waals surface area contributed by atoms with Gasteiger partial charge in [-0.1, -0.05) is 45.9 Å². The van der Waals surface area contributed by atoms with Crippen molar-refractivity contribution >= 4 is 0 Å². The first-order chi connectivity index (χ1) is 7.14. The summed E-state index contributed by atoms with van der Waals surface area (Å²) in [6.07, 6.45) is -4.27. The lowest BCUT2D eigenvalue weighted by molar-refractivity contribution is -0.138. The molecule has 3 heteroatoms. The third-order valence-electron chi connectivity index (χ3n) is 3.03. The molecule has 1 aromatic rings. The van der Waals surface area contributed by atoms with Gasteiger partial charge in [-0.15, -0.1) is 0 Å². The van der Waals surface area contributed by atoms with Crippen LogP contribution in [0, 0.1) is 5.41 Å². The van der Waals surface area contributed by atoms with E-state index in [1.807, 2.05) is 27.7 Å². The van der Waals surface area contributed by atoms with Crippen LogP contribution in [0.3, 0.4) is 0 Å². The molecule has 0 aliphatic heterocycles. The lowest BCUT2D eigenvalue weighted by Crippen LogP contribution is -2.19. The highest BCUT2D eigenvalue weighted by Gasteiger charge is 2.36. The van der Waals surface area contributed by atoms with E-state index >= 15 is 0 Å². The van der Waals surface area contributed by atoms with Gasteiger partial charge in [0.2, 0.25) is 0 Å². The molecule has 0 bridgehead atoms. The minimum atomic E-state index is -4.27. The van der Waals surface area contributed by atoms with Crippen molar-refractivity contribution in [2.24, 2.45) is 5.41 Å². The van der Waals surface area contributed by atoms with Crippen LogP contribution in [0.1, 0.15) is 44.7 Å². The first kappa shape index (κ1) is 13.1. The molecule has 1 rings (SSSR count). The van der Waals surface area contributed by atoms with E-state index in [9.17, 15) is 13.2 Å². The molecule has 1 unspecified atom stereocenters. The van der Waals surface area contributed by atoms with Gasteiger partial charge >= 0.3 is 6.18 Å². The molecule has 0 aliphatic carbocycles. The van der Waals surface area contributed by atoms with Gasteiger partial charge in [0.25, 0.3) is 0 Å². The summed E-state index contributed by atoms with van der Waals surface area (Å²) in [6.45, 7) is 7.69. The normalized spacial score (nSPS) is 14.9. The van der Waals surface area contributed by atoms with Gasteiger partial charge in [-0.05, 0) is 23.0 Å². The monoisotopic (exact) mass is 230 g/mol. The maximum atomic E-state index is 12.8. The van der Waals surface area contributed by atoms with E-state index in [2.05, 4.69) is 0 Å². The number of alkyl halides is 3. The fraction of sp³-hybridized carbons (Fsp3) is 0.538. The average Bonchev–Trinajstić information content (AvgIpc) is 2.14. The van der Waals surface area contributed by atoms with Gasteiger partial charge < -0.3 is 0 Å². The molecule has 0 heterocycles. The molecule has 0 radical (unpaired) electrons. The van der Waals surface area contributed by atoms with Crippen molar-refractivity contribution in [2.75, 3.05) is 0 Å². The third kappa shape index (κ3) is 2.77. The molecular weight excluding hydrogens is 213 g/mol. The molecule has 16 heavy (non-hydrogen) atoms. The topological polar surface area (TPSA) is 0 Å². The summed E-state index contributed by atoms with van der Waals surface area (Å²) in [5, 5.41) is 0. The number of rotatable bonds is 1. The Labute approximate surface area is 94.5 Å². The SMILES string of the molecule is CC(c1ccccc1C(F)(F)F)C(C)(C)C. The molecule has 0 saturated heterocycles. The summed E-state index contributed by atoms with van der Waals surface area (Å²) in [6, 6.07) is 5.81. The first-order valence-electron chi connectivity index (χ1n) is 5.30. The van der Waals surface area contributed by atoms with Crippen molar-refractivity contribution in [1.82, 2.24) is 0 Å². The molecule has 0 N–H and O–H groups in total. The summed E-state index contributed by atoms with van der Waals surface area (Å²) >= 11 is 0. The van der Waals surface area contributed by atoms with Gasteiger partial charge in [-0.3, -0.25) is 0 Å². The van der Waals surface area contributed by atoms with E-state index in [0.29, 0.717) is 5.56 Å². The zero-order valence-electron chi connectivity index (χ0n) is 10.0. The quantitative estimate of drug-likeness (QED) is 0.646. The van der Waals surface area contributed by atoms with Gasteiger partial charge in [0.1, 0.15) is 0 Å². The standard InChI is InChI=1S/C13H17F3/c1-9(12(2,3)4)10-7-5-6-8-11(10)13(14,15)16/h5-9H,1-4H3. The van der Waals surface area contributed by atoms with Crippen molar-refractivity contribution in [3.8, 4) is 0 Å². The Kier molecular flexibility index (Phi) is 3.36. The van der Waals surface area contributed by atoms with Gasteiger partial charge in [0.15, 0.2) is 0 Å². The number of hydrogen-bond acceptors (Lipinski definition) is 0. The zero-order valence-corrected chi connectivity index (χ0v) is 10.0. The summed E-state index contributed by atoms with van der Waals surface area (Å²) in [7, 11) is 0. The second-order valence-corrected chi connectivity index (χ2v) is 5.17. The summed E-state index contributed by atoms with van der Waals surface area (Å²) < 4.78 is 38.4. The molecule has 0 saturated carbocycles. The lowest BCUT2D eigenvalue weighted by Gasteiger charge is -2.29. The average molecular weight is 230 g/mol. The van der Waals surface area contributed by atoms with E-state index in [-0.39, 0.29) is 11.3 Å². The van der Waals surface area contributed by atoms with Crippen molar-refractivity contribution in [1.29, 1.82) is 0 Å². The third-order valence-corrected chi connectivity index (χ3v) is 3.03. The second-order valence-electron chi connectivity index (χ2n) is 5.17. The van der Waals surface area contributed by atoms with Gasteiger partial charge in [0, 0.05) is 0 Å². The first-order valence-corrected chi connectivity index (χ1v) is 5.30. The molecule has 0 amide bonds. The fourth-order valence-corrected chi connectivity index (χ4v) is 1.60. The second kappa shape index (κ2) is 4.11. The van der Waals surface area contributed by atoms with Crippen LogP contribution in [0.2, 0.25) is 0 Å². The highest BCUT2D eigenvalue weighted by atomic mass is 19.4. The van der Waals surface area contributed by atoms with Crippen molar-refractivity contribution in [2.45, 2.75) is 39.8 Å². The Morgan fingerprint density at radius 3 is 1.94 bits per heavy atom. The Hall–Kier alpha value is -0.990. The predicted molar refractivity (Wildman–Crippen MR) is 59.3 cm³/mol. The van der Waals surface area contributed by atoms with E-state index in [1.165, 1.54) is 6.07 Å². The molecular formula is C13H17F3. The Balaban J connectivity index is 3.25. The summed E-state index contributed by atoms with van der Waals surface area (Å²) in [5.41, 5.74) is -0.318. The van der Waals surface area contributed by atoms with Crippen LogP contribution in [0.4, 0.5) is 13.2 Å². The lowest BCUT2D eigenvalue weighted by atomic mass is 9.76. The van der Waals surface area contributed by atoms with Crippen molar-refractivity contribution in [3.05, 3.63) is 35.4 Å². The van der Waals surface area contributed by atoms with Crippen molar-refractivity contribution < 1.29 is 13.2 Å². The highest BCUT2D eigenvalue weighted by molar-refractivity contribution is 5.33. The molecule has 0 aromatic heterocycles. The van der Waals surface area contributed by atoms with Gasteiger partial charge in [-0.2, -0.15) is 13.2 Å². The smallest absolute Gasteiger partial charge is 0.166 e. The Morgan fingerprint density at radius 2 is 1.50 bits per heavy atom. The molecule has 0 fully saturated rings. The molecule has 0 spiro atoms. The van der Waals surface area contributed by atoms with Crippen LogP contribution in [-0.2, 0) is 6.18 Å². The number of halogens is 3. The maximum Gasteiger partial charge on any atom is 0.416 e. The molecule has 0 aliphatic rings. The van der Waals surface area contributed by atoms with E-state index < -0.39 is 11.7 Å². The van der Waals surface area contributed by atoms with E-state index in [1.54, 1.807) is 12.1 Å². The van der Waals surface area contributed by atoms with E-state index in [4.69, 9.17) is 0 Å². The molecule has 90 valence electrons.